The summed E-state index contributed by atoms with van der Waals surface area (Å²) < 4.78 is 99.5. The molecule has 0 amide bonds. The molecular weight excluding hydrogens is 819 g/mol. The third-order valence-corrected chi connectivity index (χ3v) is 10.8. The Hall–Kier alpha value is -6.30. The van der Waals surface area contributed by atoms with Crippen LogP contribution in [0.15, 0.2) is 133 Å². The van der Waals surface area contributed by atoms with Crippen LogP contribution >= 0.6 is 0 Å². The monoisotopic (exact) mass is 868 g/mol. The first-order valence-electron chi connectivity index (χ1n) is 21.1. The quantitative estimate of drug-likeness (QED) is 0.0802. The van der Waals surface area contributed by atoms with Crippen LogP contribution in [-0.4, -0.2) is 38.8 Å². The minimum atomic E-state index is -4.31. The maximum atomic E-state index is 12.8. The highest BCUT2D eigenvalue weighted by molar-refractivity contribution is 5.88. The highest BCUT2D eigenvalue weighted by Crippen LogP contribution is 2.52. The van der Waals surface area contributed by atoms with Crippen LogP contribution < -0.4 is 28.7 Å². The molecular formula is C51H50F6N2O4. The molecule has 0 aliphatic heterocycles. The number of hydrogen-bond donors (Lipinski definition) is 0. The van der Waals surface area contributed by atoms with E-state index in [-0.39, 0.29) is 0 Å². The molecule has 6 aromatic rings. The zero-order chi connectivity index (χ0) is 44.8. The van der Waals surface area contributed by atoms with Crippen molar-refractivity contribution in [2.24, 2.45) is 0 Å². The summed E-state index contributed by atoms with van der Waals surface area (Å²) in [6.45, 7) is 8.72. The van der Waals surface area contributed by atoms with Gasteiger partial charge < -0.3 is 28.7 Å². The summed E-state index contributed by atoms with van der Waals surface area (Å²) >= 11 is 0. The largest absolute Gasteiger partial charge is 0.494 e. The van der Waals surface area contributed by atoms with Crippen molar-refractivity contribution in [3.63, 3.8) is 0 Å². The van der Waals surface area contributed by atoms with Gasteiger partial charge in [0.05, 0.1) is 39.3 Å². The fourth-order valence-electron chi connectivity index (χ4n) is 7.66. The van der Waals surface area contributed by atoms with Crippen LogP contribution in [0.25, 0.3) is 11.1 Å². The number of benzene rings is 6. The Bertz CT molecular complexity index is 2260. The number of rotatable bonds is 18. The molecule has 0 heterocycles. The van der Waals surface area contributed by atoms with Crippen molar-refractivity contribution < 1.29 is 45.3 Å². The SMILES string of the molecule is CCCOc1ccc(N(c2ccc(OCCC(F)(F)F)cc2)c2ccc3c(c2)C(C)(C)c2cc(N(c4ccc(OCCC)cc4)c4ccc(OCCC(F)(F)F)cc4)ccc2-3)cc1. The maximum Gasteiger partial charge on any atom is 0.392 e. The second-order valence-electron chi connectivity index (χ2n) is 15.9. The lowest BCUT2D eigenvalue weighted by Crippen LogP contribution is -2.17. The molecule has 0 saturated heterocycles. The molecule has 6 aromatic carbocycles. The van der Waals surface area contributed by atoms with Crippen LogP contribution in [0, 0.1) is 0 Å². The zero-order valence-electron chi connectivity index (χ0n) is 35.7. The Morgan fingerprint density at radius 3 is 0.937 bits per heavy atom. The Balaban J connectivity index is 1.23. The lowest BCUT2D eigenvalue weighted by molar-refractivity contribution is -0.140. The van der Waals surface area contributed by atoms with Crippen LogP contribution in [0.4, 0.5) is 60.5 Å². The first kappa shape index (κ1) is 44.7. The molecule has 1 aliphatic carbocycles. The summed E-state index contributed by atoms with van der Waals surface area (Å²) in [6, 6.07) is 42.5. The molecule has 0 saturated carbocycles. The van der Waals surface area contributed by atoms with E-state index in [1.807, 2.05) is 86.6 Å². The second-order valence-corrected chi connectivity index (χ2v) is 15.9. The van der Waals surface area contributed by atoms with Crippen LogP contribution in [0.2, 0.25) is 0 Å². The fraction of sp³-hybridized carbons (Fsp3) is 0.294. The number of anilines is 6. The molecule has 63 heavy (non-hydrogen) atoms. The van der Waals surface area contributed by atoms with Crippen molar-refractivity contribution >= 4 is 34.1 Å². The maximum absolute atomic E-state index is 12.8. The Labute approximate surface area is 364 Å². The molecule has 0 fully saturated rings. The van der Waals surface area contributed by atoms with Gasteiger partial charge in [-0.15, -0.1) is 0 Å². The third kappa shape index (κ3) is 10.8. The van der Waals surface area contributed by atoms with E-state index in [0.717, 1.165) is 80.7 Å². The van der Waals surface area contributed by atoms with Crippen LogP contribution in [0.5, 0.6) is 23.0 Å². The Kier molecular flexibility index (Phi) is 13.5. The van der Waals surface area contributed by atoms with Gasteiger partial charge in [0, 0.05) is 39.5 Å². The molecule has 1 aliphatic rings. The van der Waals surface area contributed by atoms with Gasteiger partial charge in [-0.1, -0.05) is 39.8 Å². The molecule has 7 rings (SSSR count). The summed E-state index contributed by atoms with van der Waals surface area (Å²) in [7, 11) is 0. The lowest BCUT2D eigenvalue weighted by atomic mass is 9.82. The van der Waals surface area contributed by atoms with Gasteiger partial charge in [-0.2, -0.15) is 26.3 Å². The van der Waals surface area contributed by atoms with Crippen LogP contribution in [0.3, 0.4) is 0 Å². The molecule has 0 aromatic heterocycles. The average molecular weight is 869 g/mol. The number of halogens is 6. The number of alkyl halides is 6. The minimum Gasteiger partial charge on any atom is -0.494 e. The average Bonchev–Trinajstić information content (AvgIpc) is 3.48. The predicted octanol–water partition coefficient (Wildman–Crippen LogP) is 15.2. The number of hydrogen-bond acceptors (Lipinski definition) is 6. The van der Waals surface area contributed by atoms with E-state index >= 15 is 0 Å². The van der Waals surface area contributed by atoms with Gasteiger partial charge in [-0.25, -0.2) is 0 Å². The van der Waals surface area contributed by atoms with Crippen molar-refractivity contribution in [3.8, 4) is 34.1 Å². The highest BCUT2D eigenvalue weighted by Gasteiger charge is 2.37. The number of nitrogens with zero attached hydrogens (tertiary/aromatic N) is 2. The van der Waals surface area contributed by atoms with Gasteiger partial charge in [0.15, 0.2) is 0 Å². The topological polar surface area (TPSA) is 43.4 Å². The summed E-state index contributed by atoms with van der Waals surface area (Å²) in [5, 5.41) is 0. The predicted molar refractivity (Wildman–Crippen MR) is 237 cm³/mol. The smallest absolute Gasteiger partial charge is 0.392 e. The summed E-state index contributed by atoms with van der Waals surface area (Å²) in [5.74, 6) is 2.17. The Morgan fingerprint density at radius 1 is 0.397 bits per heavy atom. The first-order chi connectivity index (χ1) is 30.1. The fourth-order valence-corrected chi connectivity index (χ4v) is 7.66. The summed E-state index contributed by atoms with van der Waals surface area (Å²) in [5.41, 5.74) is 8.99. The van der Waals surface area contributed by atoms with E-state index in [2.05, 4.69) is 60.0 Å². The normalized spacial score (nSPS) is 12.9. The Morgan fingerprint density at radius 2 is 0.667 bits per heavy atom. The van der Waals surface area contributed by atoms with E-state index in [1.165, 1.54) is 0 Å². The van der Waals surface area contributed by atoms with Crippen LogP contribution in [0.1, 0.15) is 64.5 Å². The summed E-state index contributed by atoms with van der Waals surface area (Å²) in [4.78, 5) is 4.19. The van der Waals surface area contributed by atoms with Gasteiger partial charge in [0.25, 0.3) is 0 Å². The molecule has 0 bridgehead atoms. The molecule has 6 nitrogen and oxygen atoms in total. The molecule has 0 spiro atoms. The summed E-state index contributed by atoms with van der Waals surface area (Å²) in [6.07, 6.45) is -8.95. The van der Waals surface area contributed by atoms with Crippen molar-refractivity contribution in [1.82, 2.24) is 0 Å². The van der Waals surface area contributed by atoms with Crippen molar-refractivity contribution in [2.45, 2.75) is 71.1 Å². The molecule has 0 unspecified atom stereocenters. The minimum absolute atomic E-state index is 0.340. The van der Waals surface area contributed by atoms with Gasteiger partial charge >= 0.3 is 12.4 Å². The van der Waals surface area contributed by atoms with E-state index < -0.39 is 43.8 Å². The molecule has 0 radical (unpaired) electrons. The highest BCUT2D eigenvalue weighted by atomic mass is 19.4. The van der Waals surface area contributed by atoms with Crippen molar-refractivity contribution in [1.29, 1.82) is 0 Å². The zero-order valence-corrected chi connectivity index (χ0v) is 35.7. The van der Waals surface area contributed by atoms with Gasteiger partial charge in [0.2, 0.25) is 0 Å². The molecule has 330 valence electrons. The van der Waals surface area contributed by atoms with E-state index in [1.54, 1.807) is 24.3 Å². The lowest BCUT2D eigenvalue weighted by Gasteiger charge is -2.29. The van der Waals surface area contributed by atoms with Gasteiger partial charge in [-0.3, -0.25) is 0 Å². The third-order valence-electron chi connectivity index (χ3n) is 10.8. The molecule has 0 atom stereocenters. The van der Waals surface area contributed by atoms with Crippen molar-refractivity contribution in [2.75, 3.05) is 36.2 Å². The number of fused-ring (bicyclic) bond motifs is 3. The van der Waals surface area contributed by atoms with E-state index in [9.17, 15) is 26.3 Å². The molecule has 12 heteroatoms. The second kappa shape index (κ2) is 19.0. The standard InChI is InChI=1S/C51H50F6N2O4/c1-5-29-60-41-17-7-35(8-18-41)58(37-11-21-43(22-12-37)62-31-27-50(52,53)54)39-15-25-45-46-26-16-40(34-48(46)49(3,4)47(45)33-39)59(36-9-19-42(20-10-36)61-30-6-2)38-13-23-44(24-14-38)63-32-28-51(55,56)57/h7-26,33-34H,5-6,27-32H2,1-4H3. The van der Waals surface area contributed by atoms with Gasteiger partial charge in [0.1, 0.15) is 23.0 Å². The van der Waals surface area contributed by atoms with Crippen LogP contribution in [-0.2, 0) is 5.41 Å². The van der Waals surface area contributed by atoms with E-state index in [4.69, 9.17) is 18.9 Å². The first-order valence-corrected chi connectivity index (χ1v) is 21.1. The van der Waals surface area contributed by atoms with E-state index in [0.29, 0.717) is 24.7 Å². The van der Waals surface area contributed by atoms with Gasteiger partial charge in [-0.05, 0) is 156 Å². The van der Waals surface area contributed by atoms with Crippen molar-refractivity contribution in [3.05, 3.63) is 145 Å². The molecule has 0 N–H and O–H groups in total. The number of ether oxygens (including phenoxy) is 4.